The maximum absolute atomic E-state index is 13.3. The normalized spacial score (nSPS) is 14.5. The fourth-order valence-corrected chi connectivity index (χ4v) is 3.57. The van der Waals surface area contributed by atoms with Crippen molar-refractivity contribution in [2.75, 3.05) is 18.4 Å². The molecule has 1 heterocycles. The van der Waals surface area contributed by atoms with Crippen molar-refractivity contribution in [1.82, 2.24) is 10.2 Å². The van der Waals surface area contributed by atoms with Gasteiger partial charge in [0.1, 0.15) is 6.04 Å². The van der Waals surface area contributed by atoms with E-state index in [1.807, 2.05) is 44.2 Å². The first-order chi connectivity index (χ1) is 14.4. The number of rotatable bonds is 7. The van der Waals surface area contributed by atoms with Gasteiger partial charge in [0.2, 0.25) is 5.91 Å². The van der Waals surface area contributed by atoms with Gasteiger partial charge >= 0.3 is 0 Å². The maximum atomic E-state index is 13.3. The number of nitro groups is 1. The van der Waals surface area contributed by atoms with Crippen molar-refractivity contribution in [2.24, 2.45) is 5.92 Å². The first-order valence-electron chi connectivity index (χ1n) is 10.0. The number of nitrogens with one attached hydrogen (secondary N) is 2. The molecule has 2 aromatic carbocycles. The Morgan fingerprint density at radius 2 is 1.97 bits per heavy atom. The molecular weight excluding hydrogens is 384 g/mol. The second kappa shape index (κ2) is 9.39. The summed E-state index contributed by atoms with van der Waals surface area (Å²) in [5.41, 5.74) is 1.58. The van der Waals surface area contributed by atoms with Gasteiger partial charge < -0.3 is 15.5 Å². The van der Waals surface area contributed by atoms with Crippen LogP contribution in [0.2, 0.25) is 0 Å². The van der Waals surface area contributed by atoms with Crippen LogP contribution in [0.5, 0.6) is 0 Å². The summed E-state index contributed by atoms with van der Waals surface area (Å²) < 4.78 is 0. The Morgan fingerprint density at radius 3 is 2.63 bits per heavy atom. The second-order valence-corrected chi connectivity index (χ2v) is 7.76. The molecule has 0 saturated carbocycles. The molecule has 1 unspecified atom stereocenters. The number of hydrogen-bond donors (Lipinski definition) is 2. The molecule has 30 heavy (non-hydrogen) atoms. The molecule has 1 atom stereocenters. The fourth-order valence-electron chi connectivity index (χ4n) is 3.57. The van der Waals surface area contributed by atoms with E-state index in [2.05, 4.69) is 10.6 Å². The van der Waals surface area contributed by atoms with Gasteiger partial charge in [-0.25, -0.2) is 0 Å². The highest BCUT2D eigenvalue weighted by Gasteiger charge is 2.34. The third-order valence-corrected chi connectivity index (χ3v) is 5.06. The fraction of sp³-hybridized carbons (Fsp3) is 0.364. The highest BCUT2D eigenvalue weighted by Crippen LogP contribution is 2.27. The van der Waals surface area contributed by atoms with E-state index in [9.17, 15) is 19.7 Å². The molecule has 2 aromatic rings. The molecule has 0 radical (unpaired) electrons. The number of hydrogen-bond acceptors (Lipinski definition) is 5. The van der Waals surface area contributed by atoms with Crippen LogP contribution in [-0.2, 0) is 11.3 Å². The minimum atomic E-state index is -0.659. The zero-order valence-electron chi connectivity index (χ0n) is 17.1. The standard InChI is InChI=1S/C22H26N4O4/c1-15(2)12-20(21(27)24-14-16-6-4-3-5-7-16)25-11-10-23-19-9-8-17(26(29)30)13-18(19)22(25)28/h3-9,13,15,20,23H,10-12,14H2,1-2H3,(H,24,27). The molecule has 0 bridgehead atoms. The van der Waals surface area contributed by atoms with E-state index in [1.54, 1.807) is 6.07 Å². The third kappa shape index (κ3) is 4.94. The van der Waals surface area contributed by atoms with Crippen molar-refractivity contribution in [3.63, 3.8) is 0 Å². The maximum Gasteiger partial charge on any atom is 0.270 e. The van der Waals surface area contributed by atoms with Gasteiger partial charge in [0, 0.05) is 37.5 Å². The van der Waals surface area contributed by atoms with Crippen molar-refractivity contribution < 1.29 is 14.5 Å². The summed E-state index contributed by atoms with van der Waals surface area (Å²) in [7, 11) is 0. The van der Waals surface area contributed by atoms with E-state index in [-0.39, 0.29) is 29.0 Å². The molecule has 1 aliphatic heterocycles. The molecule has 1 aliphatic rings. The van der Waals surface area contributed by atoms with Crippen LogP contribution in [0.4, 0.5) is 11.4 Å². The zero-order valence-corrected chi connectivity index (χ0v) is 17.1. The van der Waals surface area contributed by atoms with Crippen LogP contribution < -0.4 is 10.6 Å². The summed E-state index contributed by atoms with van der Waals surface area (Å²) in [4.78, 5) is 38.5. The van der Waals surface area contributed by atoms with E-state index < -0.39 is 11.0 Å². The first-order valence-corrected chi connectivity index (χ1v) is 10.0. The molecule has 3 rings (SSSR count). The van der Waals surface area contributed by atoms with Crippen LogP contribution in [0.3, 0.4) is 0 Å². The van der Waals surface area contributed by atoms with E-state index in [1.165, 1.54) is 17.0 Å². The summed E-state index contributed by atoms with van der Waals surface area (Å²) in [6.45, 7) is 5.15. The minimum Gasteiger partial charge on any atom is -0.383 e. The molecule has 0 aliphatic carbocycles. The van der Waals surface area contributed by atoms with Crippen LogP contribution in [0, 0.1) is 16.0 Å². The number of fused-ring (bicyclic) bond motifs is 1. The Kier molecular flexibility index (Phi) is 6.66. The van der Waals surface area contributed by atoms with Gasteiger partial charge in [-0.2, -0.15) is 0 Å². The van der Waals surface area contributed by atoms with Gasteiger partial charge in [0.25, 0.3) is 11.6 Å². The SMILES string of the molecule is CC(C)CC(C(=O)NCc1ccccc1)N1CCNc2ccc([N+](=O)[O-])cc2C1=O. The van der Waals surface area contributed by atoms with Crippen LogP contribution >= 0.6 is 0 Å². The van der Waals surface area contributed by atoms with E-state index in [4.69, 9.17) is 0 Å². The van der Waals surface area contributed by atoms with E-state index >= 15 is 0 Å². The first kappa shape index (κ1) is 21.3. The quantitative estimate of drug-likeness (QED) is 0.539. The second-order valence-electron chi connectivity index (χ2n) is 7.76. The molecule has 0 aromatic heterocycles. The summed E-state index contributed by atoms with van der Waals surface area (Å²) in [6, 6.07) is 13.1. The van der Waals surface area contributed by atoms with Crippen molar-refractivity contribution in [2.45, 2.75) is 32.9 Å². The van der Waals surface area contributed by atoms with Crippen molar-refractivity contribution in [3.05, 3.63) is 69.8 Å². The van der Waals surface area contributed by atoms with Crippen LogP contribution in [0.25, 0.3) is 0 Å². The Morgan fingerprint density at radius 1 is 1.23 bits per heavy atom. The Labute approximate surface area is 175 Å². The Bertz CT molecular complexity index is 930. The lowest BCUT2D eigenvalue weighted by Gasteiger charge is -2.31. The minimum absolute atomic E-state index is 0.153. The number of anilines is 1. The number of carbonyl (C=O) groups excluding carboxylic acids is 2. The van der Waals surface area contributed by atoms with E-state index in [0.717, 1.165) is 5.56 Å². The topological polar surface area (TPSA) is 105 Å². The molecule has 0 fully saturated rings. The van der Waals surface area contributed by atoms with Gasteiger partial charge in [0.15, 0.2) is 0 Å². The average molecular weight is 410 g/mol. The van der Waals surface area contributed by atoms with Gasteiger partial charge in [0.05, 0.1) is 10.5 Å². The number of nitro benzene ring substituents is 1. The smallest absolute Gasteiger partial charge is 0.270 e. The van der Waals surface area contributed by atoms with E-state index in [0.29, 0.717) is 31.7 Å². The summed E-state index contributed by atoms with van der Waals surface area (Å²) in [5, 5.41) is 17.2. The van der Waals surface area contributed by atoms with Crippen molar-refractivity contribution >= 4 is 23.2 Å². The summed E-state index contributed by atoms with van der Waals surface area (Å²) in [5.74, 6) is -0.417. The van der Waals surface area contributed by atoms with Crippen LogP contribution in [0.1, 0.15) is 36.2 Å². The third-order valence-electron chi connectivity index (χ3n) is 5.06. The molecule has 2 N–H and O–H groups in total. The molecule has 0 saturated heterocycles. The highest BCUT2D eigenvalue weighted by atomic mass is 16.6. The monoisotopic (exact) mass is 410 g/mol. The molecule has 2 amide bonds. The highest BCUT2D eigenvalue weighted by molar-refractivity contribution is 6.03. The summed E-state index contributed by atoms with van der Waals surface area (Å²) >= 11 is 0. The number of benzene rings is 2. The van der Waals surface area contributed by atoms with Gasteiger partial charge in [-0.05, 0) is 24.0 Å². The van der Waals surface area contributed by atoms with Crippen molar-refractivity contribution in [1.29, 1.82) is 0 Å². The molecule has 8 heteroatoms. The van der Waals surface area contributed by atoms with Crippen LogP contribution in [0.15, 0.2) is 48.5 Å². The number of amides is 2. The Hall–Kier alpha value is -3.42. The van der Waals surface area contributed by atoms with Crippen LogP contribution in [-0.4, -0.2) is 40.8 Å². The lowest BCUT2D eigenvalue weighted by atomic mass is 10.00. The average Bonchev–Trinajstić information content (AvgIpc) is 2.89. The predicted octanol–water partition coefficient (Wildman–Crippen LogP) is 3.19. The molecule has 158 valence electrons. The number of carbonyl (C=O) groups is 2. The van der Waals surface area contributed by atoms with Crippen molar-refractivity contribution in [3.8, 4) is 0 Å². The number of nitrogens with zero attached hydrogens (tertiary/aromatic N) is 2. The predicted molar refractivity (Wildman–Crippen MR) is 114 cm³/mol. The molecule has 8 nitrogen and oxygen atoms in total. The molecule has 0 spiro atoms. The number of non-ortho nitro benzene ring substituents is 1. The zero-order chi connectivity index (χ0) is 21.7. The Balaban J connectivity index is 1.85. The lowest BCUT2D eigenvalue weighted by molar-refractivity contribution is -0.384. The summed E-state index contributed by atoms with van der Waals surface area (Å²) in [6.07, 6.45) is 0.497. The van der Waals surface area contributed by atoms with Gasteiger partial charge in [-0.1, -0.05) is 44.2 Å². The largest absolute Gasteiger partial charge is 0.383 e. The lowest BCUT2D eigenvalue weighted by Crippen LogP contribution is -2.50. The van der Waals surface area contributed by atoms with Gasteiger partial charge in [-0.15, -0.1) is 0 Å². The molecular formula is C22H26N4O4. The van der Waals surface area contributed by atoms with Gasteiger partial charge in [-0.3, -0.25) is 19.7 Å².